The first-order valence-corrected chi connectivity index (χ1v) is 8.05. The van der Waals surface area contributed by atoms with Gasteiger partial charge < -0.3 is 22.6 Å². The quantitative estimate of drug-likeness (QED) is 0.569. The fourth-order valence-corrected chi connectivity index (χ4v) is 2.37. The van der Waals surface area contributed by atoms with Crippen molar-refractivity contribution in [2.24, 2.45) is 5.92 Å². The van der Waals surface area contributed by atoms with Crippen LogP contribution >= 0.6 is 0 Å². The van der Waals surface area contributed by atoms with Crippen LogP contribution in [0.1, 0.15) is 44.2 Å². The van der Waals surface area contributed by atoms with E-state index in [1.54, 1.807) is 0 Å². The van der Waals surface area contributed by atoms with E-state index >= 15 is 0 Å². The zero-order chi connectivity index (χ0) is 15.8. The Labute approximate surface area is 141 Å². The Kier molecular flexibility index (Phi) is 10.1. The molecule has 1 rings (SSSR count). The molecule has 0 bridgehead atoms. The highest BCUT2D eigenvalue weighted by Gasteiger charge is 2.14. The van der Waals surface area contributed by atoms with E-state index in [1.165, 1.54) is 10.5 Å². The number of carbonyl (C=O) groups is 1. The zero-order valence-electron chi connectivity index (χ0n) is 14.6. The van der Waals surface area contributed by atoms with E-state index in [0.717, 1.165) is 31.5 Å². The molecule has 1 aromatic rings. The molecule has 22 heavy (non-hydrogen) atoms. The van der Waals surface area contributed by atoms with Gasteiger partial charge in [0.05, 0.1) is 26.6 Å². The summed E-state index contributed by atoms with van der Waals surface area (Å²) in [5.74, 6) is 0.709. The molecule has 0 heterocycles. The van der Waals surface area contributed by atoms with Crippen molar-refractivity contribution in [1.82, 2.24) is 5.32 Å². The first kappa shape index (κ1) is 20.9. The van der Waals surface area contributed by atoms with E-state index in [0.29, 0.717) is 5.92 Å². The number of benzene rings is 1. The highest BCUT2D eigenvalue weighted by atomic mass is 35.5. The average molecular weight is 327 g/mol. The molecule has 0 aliphatic rings. The van der Waals surface area contributed by atoms with Crippen molar-refractivity contribution < 1.29 is 22.1 Å². The summed E-state index contributed by atoms with van der Waals surface area (Å²) in [5, 5.41) is 3.03. The van der Waals surface area contributed by atoms with Crippen molar-refractivity contribution in [3.05, 3.63) is 35.4 Å². The SMILES string of the molecule is CC(C)Cc1ccc([C@@H](C)C(=O)NCCC[NH+](C)C)cc1.[Cl-]. The van der Waals surface area contributed by atoms with Crippen LogP contribution in [0, 0.1) is 5.92 Å². The number of nitrogens with one attached hydrogen (secondary N) is 2. The molecule has 4 heteroatoms. The summed E-state index contributed by atoms with van der Waals surface area (Å²) in [6, 6.07) is 8.47. The van der Waals surface area contributed by atoms with Crippen LogP contribution in [0.3, 0.4) is 0 Å². The summed E-state index contributed by atoms with van der Waals surface area (Å²) < 4.78 is 0. The van der Waals surface area contributed by atoms with E-state index in [1.807, 2.05) is 6.92 Å². The number of quaternary nitrogens is 1. The van der Waals surface area contributed by atoms with Gasteiger partial charge in [-0.1, -0.05) is 38.1 Å². The second kappa shape index (κ2) is 10.6. The van der Waals surface area contributed by atoms with Crippen LogP contribution in [0.2, 0.25) is 0 Å². The van der Waals surface area contributed by atoms with E-state index in [-0.39, 0.29) is 24.2 Å². The molecule has 3 nitrogen and oxygen atoms in total. The Morgan fingerprint density at radius 2 is 1.73 bits per heavy atom. The summed E-state index contributed by atoms with van der Waals surface area (Å²) in [5.41, 5.74) is 2.44. The molecule has 0 saturated carbocycles. The number of hydrogen-bond acceptors (Lipinski definition) is 1. The first-order chi connectivity index (χ1) is 9.90. The normalized spacial score (nSPS) is 12.1. The third-order valence-electron chi connectivity index (χ3n) is 3.67. The predicted molar refractivity (Wildman–Crippen MR) is 88.7 cm³/mol. The van der Waals surface area contributed by atoms with Gasteiger partial charge >= 0.3 is 0 Å². The maximum absolute atomic E-state index is 12.1. The Hall–Kier alpha value is -1.06. The van der Waals surface area contributed by atoms with Crippen LogP contribution in [-0.2, 0) is 11.2 Å². The molecule has 0 fully saturated rings. The maximum Gasteiger partial charge on any atom is 0.227 e. The van der Waals surface area contributed by atoms with E-state index in [9.17, 15) is 4.79 Å². The van der Waals surface area contributed by atoms with Crippen LogP contribution in [-0.4, -0.2) is 33.1 Å². The van der Waals surface area contributed by atoms with E-state index in [2.05, 4.69) is 57.5 Å². The van der Waals surface area contributed by atoms with Gasteiger partial charge in [0, 0.05) is 13.0 Å². The van der Waals surface area contributed by atoms with Gasteiger partial charge in [0.25, 0.3) is 0 Å². The van der Waals surface area contributed by atoms with Gasteiger partial charge in [0.1, 0.15) is 0 Å². The number of rotatable bonds is 8. The highest BCUT2D eigenvalue weighted by Crippen LogP contribution is 2.17. The van der Waals surface area contributed by atoms with Crippen LogP contribution in [0.25, 0.3) is 0 Å². The van der Waals surface area contributed by atoms with Gasteiger partial charge in [-0.05, 0) is 30.4 Å². The number of amides is 1. The van der Waals surface area contributed by atoms with Crippen LogP contribution < -0.4 is 22.6 Å². The Morgan fingerprint density at radius 3 is 2.23 bits per heavy atom. The van der Waals surface area contributed by atoms with Crippen LogP contribution in [0.5, 0.6) is 0 Å². The molecule has 0 aromatic heterocycles. The molecule has 1 amide bonds. The monoisotopic (exact) mass is 326 g/mol. The van der Waals surface area contributed by atoms with Crippen molar-refractivity contribution in [2.45, 2.75) is 39.5 Å². The number of carbonyl (C=O) groups excluding carboxylic acids is 1. The zero-order valence-corrected chi connectivity index (χ0v) is 15.3. The minimum atomic E-state index is -0.0789. The van der Waals surface area contributed by atoms with Gasteiger partial charge in [-0.15, -0.1) is 0 Å². The molecular weight excluding hydrogens is 296 g/mol. The topological polar surface area (TPSA) is 33.5 Å². The third kappa shape index (κ3) is 7.81. The predicted octanol–water partition coefficient (Wildman–Crippen LogP) is -1.36. The van der Waals surface area contributed by atoms with Crippen LogP contribution in [0.4, 0.5) is 0 Å². The molecule has 0 aliphatic carbocycles. The molecule has 0 unspecified atom stereocenters. The second-order valence-electron chi connectivity index (χ2n) is 6.66. The lowest BCUT2D eigenvalue weighted by Crippen LogP contribution is -3.05. The van der Waals surface area contributed by atoms with Crippen molar-refractivity contribution in [1.29, 1.82) is 0 Å². The molecule has 0 radical (unpaired) electrons. The van der Waals surface area contributed by atoms with Crippen molar-refractivity contribution in [2.75, 3.05) is 27.2 Å². The molecule has 0 aliphatic heterocycles. The smallest absolute Gasteiger partial charge is 0.227 e. The minimum Gasteiger partial charge on any atom is -1.00 e. The van der Waals surface area contributed by atoms with Crippen molar-refractivity contribution in [3.63, 3.8) is 0 Å². The van der Waals surface area contributed by atoms with Gasteiger partial charge in [-0.25, -0.2) is 0 Å². The van der Waals surface area contributed by atoms with Gasteiger partial charge in [-0.2, -0.15) is 0 Å². The molecule has 1 atom stereocenters. The summed E-state index contributed by atoms with van der Waals surface area (Å²) in [6.07, 6.45) is 2.11. The van der Waals surface area contributed by atoms with E-state index < -0.39 is 0 Å². The standard InChI is InChI=1S/C18H30N2O.ClH/c1-14(2)13-16-7-9-17(10-8-16)15(3)18(21)19-11-6-12-20(4)5;/h7-10,14-15H,6,11-13H2,1-5H3,(H,19,21);1H/t15-;/m1./s1. The summed E-state index contributed by atoms with van der Waals surface area (Å²) in [7, 11) is 4.26. The second-order valence-corrected chi connectivity index (χ2v) is 6.66. The molecule has 0 spiro atoms. The lowest BCUT2D eigenvalue weighted by atomic mass is 9.96. The minimum absolute atomic E-state index is 0. The fourth-order valence-electron chi connectivity index (χ4n) is 2.37. The highest BCUT2D eigenvalue weighted by molar-refractivity contribution is 5.83. The molecule has 0 saturated heterocycles. The Balaban J connectivity index is 0.00000441. The molecule has 126 valence electrons. The fraction of sp³-hybridized carbons (Fsp3) is 0.611. The van der Waals surface area contributed by atoms with E-state index in [4.69, 9.17) is 0 Å². The van der Waals surface area contributed by atoms with Gasteiger partial charge in [0.15, 0.2) is 0 Å². The molecular formula is C18H31ClN2O. The summed E-state index contributed by atoms with van der Waals surface area (Å²) in [4.78, 5) is 13.5. The average Bonchev–Trinajstić information content (AvgIpc) is 2.42. The molecule has 1 aromatic carbocycles. The summed E-state index contributed by atoms with van der Waals surface area (Å²) >= 11 is 0. The van der Waals surface area contributed by atoms with Gasteiger partial charge in [0.2, 0.25) is 5.91 Å². The first-order valence-electron chi connectivity index (χ1n) is 8.05. The Morgan fingerprint density at radius 1 is 1.14 bits per heavy atom. The lowest BCUT2D eigenvalue weighted by molar-refractivity contribution is -0.858. The number of hydrogen-bond donors (Lipinski definition) is 2. The molecule has 2 N–H and O–H groups in total. The lowest BCUT2D eigenvalue weighted by Gasteiger charge is -2.14. The Bertz CT molecular complexity index is 429. The maximum atomic E-state index is 12.1. The van der Waals surface area contributed by atoms with Crippen molar-refractivity contribution in [3.8, 4) is 0 Å². The van der Waals surface area contributed by atoms with Crippen LogP contribution in [0.15, 0.2) is 24.3 Å². The largest absolute Gasteiger partial charge is 1.00 e. The third-order valence-corrected chi connectivity index (χ3v) is 3.67. The van der Waals surface area contributed by atoms with Gasteiger partial charge in [-0.3, -0.25) is 4.79 Å². The number of halogens is 1. The van der Waals surface area contributed by atoms with Crippen molar-refractivity contribution >= 4 is 5.91 Å². The summed E-state index contributed by atoms with van der Waals surface area (Å²) in [6.45, 7) is 8.27.